The summed E-state index contributed by atoms with van der Waals surface area (Å²) in [6.07, 6.45) is 0. The quantitative estimate of drug-likeness (QED) is 0.578. The van der Waals surface area contributed by atoms with Crippen molar-refractivity contribution in [3.05, 3.63) is 26.6 Å². The van der Waals surface area contributed by atoms with Gasteiger partial charge in [-0.25, -0.2) is 4.68 Å². The highest BCUT2D eigenvalue weighted by atomic mass is 127. The Morgan fingerprint density at radius 3 is 2.91 bits per heavy atom. The first-order chi connectivity index (χ1) is 5.15. The molecule has 0 aromatic carbocycles. The fourth-order valence-corrected chi connectivity index (χ4v) is 1.59. The molecule has 0 aliphatic rings. The fourth-order valence-electron chi connectivity index (χ4n) is 0.695. The van der Waals surface area contributed by atoms with Gasteiger partial charge in [0, 0.05) is 11.5 Å². The van der Waals surface area contributed by atoms with Crippen molar-refractivity contribution >= 4 is 38.5 Å². The van der Waals surface area contributed by atoms with E-state index in [1.165, 1.54) is 4.68 Å². The monoisotopic (exact) mass is 328 g/mol. The van der Waals surface area contributed by atoms with Crippen molar-refractivity contribution in [3.8, 4) is 0 Å². The van der Waals surface area contributed by atoms with Crippen molar-refractivity contribution in [1.82, 2.24) is 9.78 Å². The Morgan fingerprint density at radius 2 is 2.45 bits per heavy atom. The van der Waals surface area contributed by atoms with Gasteiger partial charge in [0.05, 0.1) is 10.2 Å². The molecule has 1 aromatic heterocycles. The Bertz CT molecular complexity index is 297. The summed E-state index contributed by atoms with van der Waals surface area (Å²) in [6.45, 7) is 0. The molecule has 1 rings (SSSR count). The first-order valence-electron chi connectivity index (χ1n) is 2.94. The Balaban J connectivity index is 3.32. The molecule has 0 unspecified atom stereocenters. The molecule has 0 bridgehead atoms. The first-order valence-corrected chi connectivity index (χ1v) is 5.25. The van der Waals surface area contributed by atoms with Crippen LogP contribution in [0.25, 0.3) is 0 Å². The van der Waals surface area contributed by atoms with Crippen LogP contribution in [0.15, 0.2) is 15.3 Å². The predicted octanol–water partition coefficient (Wildman–Crippen LogP) is 1.48. The van der Waals surface area contributed by atoms with E-state index in [1.54, 1.807) is 13.1 Å². The van der Waals surface area contributed by atoms with Gasteiger partial charge in [0.25, 0.3) is 5.56 Å². The van der Waals surface area contributed by atoms with Gasteiger partial charge in [0.2, 0.25) is 0 Å². The lowest BCUT2D eigenvalue weighted by molar-refractivity contribution is 0.687. The molecule has 3 nitrogen and oxygen atoms in total. The van der Waals surface area contributed by atoms with Gasteiger partial charge in [-0.15, -0.1) is 0 Å². The fraction of sp³-hybridized carbons (Fsp3) is 0.333. The summed E-state index contributed by atoms with van der Waals surface area (Å²) in [5.41, 5.74) is 0.804. The van der Waals surface area contributed by atoms with Crippen LogP contribution < -0.4 is 5.56 Å². The summed E-state index contributed by atoms with van der Waals surface area (Å²) in [5.74, 6) is 0. The number of hydrogen-bond donors (Lipinski definition) is 0. The van der Waals surface area contributed by atoms with Crippen LogP contribution in [0.3, 0.4) is 0 Å². The van der Waals surface area contributed by atoms with Gasteiger partial charge in [-0.3, -0.25) is 4.79 Å². The summed E-state index contributed by atoms with van der Waals surface area (Å²) in [7, 11) is 1.64. The van der Waals surface area contributed by atoms with E-state index >= 15 is 0 Å². The number of rotatable bonds is 1. The molecule has 0 radical (unpaired) electrons. The average molecular weight is 329 g/mol. The topological polar surface area (TPSA) is 34.9 Å². The number of aromatic nitrogens is 2. The zero-order valence-electron chi connectivity index (χ0n) is 5.84. The van der Waals surface area contributed by atoms with Crippen molar-refractivity contribution in [1.29, 1.82) is 0 Å². The number of alkyl halides is 1. The molecular formula is C6H6BrIN2O. The number of hydrogen-bond acceptors (Lipinski definition) is 2. The van der Waals surface area contributed by atoms with Gasteiger partial charge in [0.1, 0.15) is 0 Å². The lowest BCUT2D eigenvalue weighted by atomic mass is 10.4. The lowest BCUT2D eigenvalue weighted by Gasteiger charge is -1.99. The zero-order valence-corrected chi connectivity index (χ0v) is 9.59. The van der Waals surface area contributed by atoms with Crippen molar-refractivity contribution in [3.63, 3.8) is 0 Å². The van der Waals surface area contributed by atoms with Crippen LogP contribution in [0.1, 0.15) is 5.69 Å². The van der Waals surface area contributed by atoms with Crippen LogP contribution in [-0.2, 0) is 11.5 Å². The van der Waals surface area contributed by atoms with Crippen LogP contribution >= 0.6 is 38.5 Å². The zero-order chi connectivity index (χ0) is 8.43. The van der Waals surface area contributed by atoms with Gasteiger partial charge >= 0.3 is 0 Å². The largest absolute Gasteiger partial charge is 0.280 e. The van der Waals surface area contributed by atoms with E-state index in [2.05, 4.69) is 43.6 Å². The number of aryl methyl sites for hydroxylation is 1. The molecular weight excluding hydrogens is 323 g/mol. The summed E-state index contributed by atoms with van der Waals surface area (Å²) < 4.78 is 2.71. The second kappa shape index (κ2) is 3.66. The molecule has 0 atom stereocenters. The van der Waals surface area contributed by atoms with Crippen molar-refractivity contribution < 1.29 is 0 Å². The summed E-state index contributed by atoms with van der Waals surface area (Å²) >= 11 is 5.36. The third-order valence-electron chi connectivity index (χ3n) is 1.21. The van der Waals surface area contributed by atoms with Crippen molar-refractivity contribution in [2.24, 2.45) is 7.05 Å². The molecule has 0 fully saturated rings. The van der Waals surface area contributed by atoms with Crippen LogP contribution in [0, 0.1) is 0 Å². The molecule has 1 aromatic rings. The van der Waals surface area contributed by atoms with Gasteiger partial charge in [-0.1, -0.05) is 22.6 Å². The van der Waals surface area contributed by atoms with E-state index in [-0.39, 0.29) is 5.56 Å². The molecule has 0 saturated carbocycles. The molecule has 0 aliphatic carbocycles. The molecule has 0 aliphatic heterocycles. The maximum atomic E-state index is 11.1. The highest BCUT2D eigenvalue weighted by molar-refractivity contribution is 14.1. The number of nitrogens with zero attached hydrogens (tertiary/aromatic N) is 2. The maximum absolute atomic E-state index is 11.1. The minimum Gasteiger partial charge on any atom is -0.267 e. The minimum atomic E-state index is -0.0985. The van der Waals surface area contributed by atoms with Crippen LogP contribution in [0.5, 0.6) is 0 Å². The lowest BCUT2D eigenvalue weighted by Crippen LogP contribution is -2.20. The van der Waals surface area contributed by atoms with Gasteiger partial charge in [-0.05, 0) is 22.0 Å². The summed E-state index contributed by atoms with van der Waals surface area (Å²) in [6, 6.07) is 1.74. The molecule has 5 heteroatoms. The van der Waals surface area contributed by atoms with E-state index in [4.69, 9.17) is 0 Å². The molecule has 60 valence electrons. The minimum absolute atomic E-state index is 0.0985. The second-order valence-corrected chi connectivity index (χ2v) is 3.66. The van der Waals surface area contributed by atoms with Crippen molar-refractivity contribution in [2.45, 2.75) is 4.43 Å². The Morgan fingerprint density at radius 1 is 1.82 bits per heavy atom. The highest BCUT2D eigenvalue weighted by Crippen LogP contribution is 2.06. The number of halogens is 2. The normalized spacial score (nSPS) is 10.1. The molecule has 0 spiro atoms. The van der Waals surface area contributed by atoms with Crippen LogP contribution in [0.2, 0.25) is 0 Å². The Kier molecular flexibility index (Phi) is 3.06. The van der Waals surface area contributed by atoms with Gasteiger partial charge in [-0.2, -0.15) is 5.10 Å². The van der Waals surface area contributed by atoms with Gasteiger partial charge < -0.3 is 0 Å². The molecule has 0 saturated heterocycles. The van der Waals surface area contributed by atoms with E-state index in [9.17, 15) is 4.79 Å². The maximum Gasteiger partial charge on any atom is 0.280 e. The Hall–Kier alpha value is 0.0900. The molecule has 0 amide bonds. The van der Waals surface area contributed by atoms with E-state index in [0.717, 1.165) is 10.1 Å². The third-order valence-corrected chi connectivity index (χ3v) is 2.56. The molecule has 11 heavy (non-hydrogen) atoms. The standard InChI is InChI=1S/C6H6BrIN2O/c1-10-6(11)5(7)2-4(3-8)9-10/h2H,3H2,1H3. The van der Waals surface area contributed by atoms with E-state index in [1.807, 2.05) is 0 Å². The average Bonchev–Trinajstić information content (AvgIpc) is 1.99. The highest BCUT2D eigenvalue weighted by Gasteiger charge is 2.00. The van der Waals surface area contributed by atoms with Gasteiger partial charge in [0.15, 0.2) is 0 Å². The van der Waals surface area contributed by atoms with Crippen molar-refractivity contribution in [2.75, 3.05) is 0 Å². The Labute approximate surface area is 86.1 Å². The van der Waals surface area contributed by atoms with Crippen LogP contribution in [0.4, 0.5) is 0 Å². The third kappa shape index (κ3) is 2.02. The predicted molar refractivity (Wildman–Crippen MR) is 54.9 cm³/mol. The molecule has 0 N–H and O–H groups in total. The first kappa shape index (κ1) is 9.18. The van der Waals surface area contributed by atoms with E-state index in [0.29, 0.717) is 4.47 Å². The van der Waals surface area contributed by atoms with E-state index < -0.39 is 0 Å². The second-order valence-electron chi connectivity index (χ2n) is 2.05. The van der Waals surface area contributed by atoms with Crippen LogP contribution in [-0.4, -0.2) is 9.78 Å². The SMILES string of the molecule is Cn1nc(CI)cc(Br)c1=O. The molecule has 1 heterocycles. The summed E-state index contributed by atoms with van der Waals surface area (Å²) in [5, 5.41) is 4.02. The summed E-state index contributed by atoms with van der Waals surface area (Å²) in [4.78, 5) is 11.1. The smallest absolute Gasteiger partial charge is 0.267 e.